The van der Waals surface area contributed by atoms with Gasteiger partial charge < -0.3 is 10.1 Å². The molecule has 3 atom stereocenters. The first-order chi connectivity index (χ1) is 3.88. The van der Waals surface area contributed by atoms with E-state index in [0.717, 1.165) is 19.1 Å². The molecule has 0 aliphatic carbocycles. The Labute approximate surface area is 49.2 Å². The lowest BCUT2D eigenvalue weighted by molar-refractivity contribution is 0.0815. The summed E-state index contributed by atoms with van der Waals surface area (Å²) >= 11 is 0. The van der Waals surface area contributed by atoms with Crippen LogP contribution in [0.2, 0.25) is 0 Å². The van der Waals surface area contributed by atoms with Crippen LogP contribution in [0.4, 0.5) is 0 Å². The van der Waals surface area contributed by atoms with Gasteiger partial charge in [-0.05, 0) is 0 Å². The molecule has 0 aromatic heterocycles. The number of fused-ring (bicyclic) bond motifs is 2. The number of hydrogen-bond acceptors (Lipinski definition) is 2. The molecule has 2 aliphatic rings. The van der Waals surface area contributed by atoms with Gasteiger partial charge in [0.15, 0.2) is 0 Å². The molecule has 1 N–H and O–H groups in total. The summed E-state index contributed by atoms with van der Waals surface area (Å²) < 4.78 is 5.40. The largest absolute Gasteiger partial charge is 0.375 e. The van der Waals surface area contributed by atoms with Crippen LogP contribution in [0.5, 0.6) is 0 Å². The molecule has 2 aliphatic heterocycles. The standard InChI is InChI=1S/C6H11NO/c1-4-5-3-8-6(4)2-7-5/h4-7H,2-3H2,1H3. The molecular weight excluding hydrogens is 102 g/mol. The predicted molar refractivity (Wildman–Crippen MR) is 30.7 cm³/mol. The molecule has 46 valence electrons. The fourth-order valence-electron chi connectivity index (χ4n) is 1.55. The van der Waals surface area contributed by atoms with Gasteiger partial charge >= 0.3 is 0 Å². The van der Waals surface area contributed by atoms with Crippen molar-refractivity contribution in [3.63, 3.8) is 0 Å². The summed E-state index contributed by atoms with van der Waals surface area (Å²) in [6.07, 6.45) is 0.528. The monoisotopic (exact) mass is 113 g/mol. The van der Waals surface area contributed by atoms with E-state index in [1.807, 2.05) is 0 Å². The lowest BCUT2D eigenvalue weighted by Gasteiger charge is -2.09. The van der Waals surface area contributed by atoms with Gasteiger partial charge in [0.2, 0.25) is 0 Å². The number of rotatable bonds is 0. The van der Waals surface area contributed by atoms with Gasteiger partial charge in [0, 0.05) is 18.5 Å². The third-order valence-electron chi connectivity index (χ3n) is 2.29. The van der Waals surface area contributed by atoms with Gasteiger partial charge in [-0.15, -0.1) is 0 Å². The van der Waals surface area contributed by atoms with Crippen molar-refractivity contribution in [1.82, 2.24) is 5.32 Å². The molecule has 0 spiro atoms. The molecule has 2 nitrogen and oxygen atoms in total. The molecule has 2 rings (SSSR count). The first-order valence-corrected chi connectivity index (χ1v) is 3.23. The Kier molecular flexibility index (Phi) is 0.866. The molecule has 2 heteroatoms. The van der Waals surface area contributed by atoms with Crippen molar-refractivity contribution >= 4 is 0 Å². The number of morpholine rings is 1. The third kappa shape index (κ3) is 0.446. The van der Waals surface area contributed by atoms with Crippen LogP contribution in [-0.2, 0) is 4.74 Å². The second kappa shape index (κ2) is 1.45. The van der Waals surface area contributed by atoms with Gasteiger partial charge in [0.1, 0.15) is 0 Å². The van der Waals surface area contributed by atoms with Gasteiger partial charge in [-0.1, -0.05) is 6.92 Å². The second-order valence-electron chi connectivity index (χ2n) is 2.75. The number of ether oxygens (including phenoxy) is 1. The highest BCUT2D eigenvalue weighted by Gasteiger charge is 2.39. The molecule has 8 heavy (non-hydrogen) atoms. The maximum atomic E-state index is 5.40. The number of nitrogens with one attached hydrogen (secondary N) is 1. The molecule has 0 amide bonds. The van der Waals surface area contributed by atoms with E-state index in [1.54, 1.807) is 0 Å². The first kappa shape index (κ1) is 4.77. The summed E-state index contributed by atoms with van der Waals surface area (Å²) in [6, 6.07) is 0.667. The Morgan fingerprint density at radius 2 is 2.50 bits per heavy atom. The molecule has 0 aromatic carbocycles. The lowest BCUT2D eigenvalue weighted by atomic mass is 10.1. The van der Waals surface area contributed by atoms with E-state index in [9.17, 15) is 0 Å². The Morgan fingerprint density at radius 3 is 2.62 bits per heavy atom. The first-order valence-electron chi connectivity index (χ1n) is 3.23. The fourth-order valence-corrected chi connectivity index (χ4v) is 1.55. The Hall–Kier alpha value is -0.0800. The highest BCUT2D eigenvalue weighted by molar-refractivity contribution is 4.93. The Balaban J connectivity index is 2.16. The van der Waals surface area contributed by atoms with Crippen LogP contribution >= 0.6 is 0 Å². The van der Waals surface area contributed by atoms with Gasteiger partial charge in [-0.3, -0.25) is 0 Å². The molecule has 2 saturated heterocycles. The van der Waals surface area contributed by atoms with E-state index in [2.05, 4.69) is 12.2 Å². The molecule has 2 fully saturated rings. The van der Waals surface area contributed by atoms with Crippen molar-refractivity contribution in [2.24, 2.45) is 5.92 Å². The van der Waals surface area contributed by atoms with Crippen molar-refractivity contribution in [1.29, 1.82) is 0 Å². The molecule has 2 bridgehead atoms. The Morgan fingerprint density at radius 1 is 1.62 bits per heavy atom. The van der Waals surface area contributed by atoms with Crippen LogP contribution in [0.3, 0.4) is 0 Å². The summed E-state index contributed by atoms with van der Waals surface area (Å²) in [6.45, 7) is 4.26. The minimum atomic E-state index is 0.528. The van der Waals surface area contributed by atoms with Crippen molar-refractivity contribution in [2.45, 2.75) is 19.1 Å². The fraction of sp³-hybridized carbons (Fsp3) is 1.00. The van der Waals surface area contributed by atoms with Crippen LogP contribution in [0.25, 0.3) is 0 Å². The molecular formula is C6H11NO. The van der Waals surface area contributed by atoms with Crippen molar-refractivity contribution < 1.29 is 4.74 Å². The smallest absolute Gasteiger partial charge is 0.0741 e. The zero-order chi connectivity index (χ0) is 5.56. The van der Waals surface area contributed by atoms with E-state index < -0.39 is 0 Å². The maximum absolute atomic E-state index is 5.40. The Bertz CT molecular complexity index is 84.7. The van der Waals surface area contributed by atoms with Gasteiger partial charge in [0.25, 0.3) is 0 Å². The summed E-state index contributed by atoms with van der Waals surface area (Å²) in [7, 11) is 0. The van der Waals surface area contributed by atoms with Crippen molar-refractivity contribution in [2.75, 3.05) is 13.2 Å². The highest BCUT2D eigenvalue weighted by atomic mass is 16.5. The zero-order valence-electron chi connectivity index (χ0n) is 5.05. The maximum Gasteiger partial charge on any atom is 0.0741 e. The molecule has 0 radical (unpaired) electrons. The average molecular weight is 113 g/mol. The zero-order valence-corrected chi connectivity index (χ0v) is 5.05. The van der Waals surface area contributed by atoms with Crippen LogP contribution < -0.4 is 5.32 Å². The van der Waals surface area contributed by atoms with E-state index in [0.29, 0.717) is 12.1 Å². The predicted octanol–water partition coefficient (Wildman–Crippen LogP) is -0.00690. The van der Waals surface area contributed by atoms with Crippen LogP contribution in [0, 0.1) is 5.92 Å². The van der Waals surface area contributed by atoms with Crippen LogP contribution in [0.15, 0.2) is 0 Å². The molecule has 0 aromatic rings. The van der Waals surface area contributed by atoms with Crippen LogP contribution in [-0.4, -0.2) is 25.3 Å². The molecule has 2 heterocycles. The average Bonchev–Trinajstić information content (AvgIpc) is 2.29. The van der Waals surface area contributed by atoms with E-state index in [4.69, 9.17) is 4.74 Å². The topological polar surface area (TPSA) is 21.3 Å². The second-order valence-corrected chi connectivity index (χ2v) is 2.75. The summed E-state index contributed by atoms with van der Waals surface area (Å²) in [5.41, 5.74) is 0. The third-order valence-corrected chi connectivity index (χ3v) is 2.29. The normalized spacial score (nSPS) is 52.9. The minimum absolute atomic E-state index is 0.528. The summed E-state index contributed by atoms with van der Waals surface area (Å²) in [4.78, 5) is 0. The van der Waals surface area contributed by atoms with Crippen molar-refractivity contribution in [3.05, 3.63) is 0 Å². The molecule has 3 unspecified atom stereocenters. The minimum Gasteiger partial charge on any atom is -0.375 e. The van der Waals surface area contributed by atoms with Gasteiger partial charge in [-0.2, -0.15) is 0 Å². The van der Waals surface area contributed by atoms with E-state index in [-0.39, 0.29) is 0 Å². The molecule has 0 saturated carbocycles. The summed E-state index contributed by atoms with van der Waals surface area (Å²) in [5, 5.41) is 3.38. The SMILES string of the molecule is CC1C2COC1CN2. The number of hydrogen-bond donors (Lipinski definition) is 1. The highest BCUT2D eigenvalue weighted by Crippen LogP contribution is 2.25. The van der Waals surface area contributed by atoms with E-state index in [1.165, 1.54) is 0 Å². The van der Waals surface area contributed by atoms with Gasteiger partial charge in [-0.25, -0.2) is 0 Å². The van der Waals surface area contributed by atoms with Crippen molar-refractivity contribution in [3.8, 4) is 0 Å². The van der Waals surface area contributed by atoms with E-state index >= 15 is 0 Å². The summed E-state index contributed by atoms with van der Waals surface area (Å²) in [5.74, 6) is 0.759. The van der Waals surface area contributed by atoms with Gasteiger partial charge in [0.05, 0.1) is 12.7 Å². The quantitative estimate of drug-likeness (QED) is 0.477. The van der Waals surface area contributed by atoms with Crippen LogP contribution in [0.1, 0.15) is 6.92 Å². The lowest BCUT2D eigenvalue weighted by Crippen LogP contribution is -2.31.